The molecule has 4 heteroatoms. The molecule has 1 fully saturated rings. The predicted molar refractivity (Wildman–Crippen MR) is 117 cm³/mol. The summed E-state index contributed by atoms with van der Waals surface area (Å²) in [6.45, 7) is 5.85. The Bertz CT molecular complexity index is 1090. The summed E-state index contributed by atoms with van der Waals surface area (Å²) in [4.78, 5) is 3.79. The van der Waals surface area contributed by atoms with Gasteiger partial charge in [-0.2, -0.15) is 0 Å². The SMILES string of the molecule is CC(C)(O)C1OC2=CCC3(C)C(CCC4Cc5c([nH]c6ccccc56)C43)C2=CC1O. The van der Waals surface area contributed by atoms with E-state index in [0.717, 1.165) is 24.2 Å². The number of rotatable bonds is 1. The molecule has 2 heterocycles. The number of nitrogens with one attached hydrogen (secondary N) is 1. The molecule has 0 saturated heterocycles. The van der Waals surface area contributed by atoms with Gasteiger partial charge in [0.2, 0.25) is 0 Å². The standard InChI is InChI=1S/C26H31NO3/c1-25(2,29)24-20(28)13-17-18-9-8-14-12-16-15-6-4-5-7-19(15)27-23(16)22(14)26(18,3)11-10-21(17)30-24/h4-7,10,13-14,18,20,22,24,27-29H,8-9,11-12H2,1-3H3. The third kappa shape index (κ3) is 2.41. The molecular weight excluding hydrogens is 374 g/mol. The molecule has 1 aromatic heterocycles. The molecule has 4 nitrogen and oxygen atoms in total. The topological polar surface area (TPSA) is 65.5 Å². The van der Waals surface area contributed by atoms with Gasteiger partial charge in [-0.05, 0) is 86.1 Å². The Balaban J connectivity index is 1.43. The highest BCUT2D eigenvalue weighted by Gasteiger charge is 2.56. The second kappa shape index (κ2) is 6.02. The fourth-order valence-electron chi connectivity index (χ4n) is 7.12. The fourth-order valence-corrected chi connectivity index (χ4v) is 7.12. The molecule has 1 saturated carbocycles. The van der Waals surface area contributed by atoms with E-state index in [9.17, 15) is 10.2 Å². The van der Waals surface area contributed by atoms with Gasteiger partial charge in [0.1, 0.15) is 11.9 Å². The van der Waals surface area contributed by atoms with E-state index < -0.39 is 17.8 Å². The van der Waals surface area contributed by atoms with Gasteiger partial charge >= 0.3 is 0 Å². The summed E-state index contributed by atoms with van der Waals surface area (Å²) in [7, 11) is 0. The van der Waals surface area contributed by atoms with Gasteiger partial charge in [0.25, 0.3) is 0 Å². The Morgan fingerprint density at radius 3 is 2.80 bits per heavy atom. The summed E-state index contributed by atoms with van der Waals surface area (Å²) in [6.07, 6.45) is 7.25. The van der Waals surface area contributed by atoms with E-state index in [1.165, 1.54) is 35.0 Å². The van der Waals surface area contributed by atoms with E-state index in [4.69, 9.17) is 4.74 Å². The molecule has 4 aliphatic rings. The highest BCUT2D eigenvalue weighted by atomic mass is 16.5. The Hall–Kier alpha value is -2.04. The molecule has 3 aliphatic carbocycles. The van der Waals surface area contributed by atoms with Crippen LogP contribution in [-0.2, 0) is 11.2 Å². The van der Waals surface area contributed by atoms with Gasteiger partial charge in [-0.3, -0.25) is 0 Å². The van der Waals surface area contributed by atoms with Gasteiger partial charge < -0.3 is 19.9 Å². The van der Waals surface area contributed by atoms with Crippen LogP contribution >= 0.6 is 0 Å². The van der Waals surface area contributed by atoms with Crippen LogP contribution in [0.2, 0.25) is 0 Å². The maximum absolute atomic E-state index is 10.8. The van der Waals surface area contributed by atoms with Crippen molar-refractivity contribution in [1.82, 2.24) is 4.98 Å². The van der Waals surface area contributed by atoms with Crippen LogP contribution < -0.4 is 0 Å². The first-order chi connectivity index (χ1) is 14.3. The summed E-state index contributed by atoms with van der Waals surface area (Å²) >= 11 is 0. The zero-order valence-corrected chi connectivity index (χ0v) is 18.0. The molecule has 0 radical (unpaired) electrons. The molecule has 6 unspecified atom stereocenters. The van der Waals surface area contributed by atoms with Crippen LogP contribution in [0, 0.1) is 17.3 Å². The number of hydrogen-bond donors (Lipinski definition) is 3. The van der Waals surface area contributed by atoms with Crippen molar-refractivity contribution in [2.75, 3.05) is 0 Å². The minimum absolute atomic E-state index is 0.106. The summed E-state index contributed by atoms with van der Waals surface area (Å²) in [6, 6.07) is 8.69. The van der Waals surface area contributed by atoms with Crippen LogP contribution in [0.3, 0.4) is 0 Å². The first-order valence-corrected chi connectivity index (χ1v) is 11.4. The van der Waals surface area contributed by atoms with Crippen molar-refractivity contribution in [2.24, 2.45) is 17.3 Å². The number of benzene rings is 1. The molecule has 3 N–H and O–H groups in total. The van der Waals surface area contributed by atoms with Gasteiger partial charge in [0, 0.05) is 22.5 Å². The summed E-state index contributed by atoms with van der Waals surface area (Å²) in [5, 5.41) is 22.6. The summed E-state index contributed by atoms with van der Waals surface area (Å²) in [5.41, 5.74) is 4.38. The minimum atomic E-state index is -1.09. The normalized spacial score (nSPS) is 37.4. The molecule has 0 spiro atoms. The fraction of sp³-hybridized carbons (Fsp3) is 0.538. The Labute approximate surface area is 177 Å². The molecule has 6 atom stereocenters. The molecule has 30 heavy (non-hydrogen) atoms. The summed E-state index contributed by atoms with van der Waals surface area (Å²) in [5.74, 6) is 2.43. The number of ether oxygens (including phenoxy) is 1. The van der Waals surface area contributed by atoms with Crippen molar-refractivity contribution in [3.8, 4) is 0 Å². The monoisotopic (exact) mass is 405 g/mol. The molecule has 0 amide bonds. The quantitative estimate of drug-likeness (QED) is 0.650. The van der Waals surface area contributed by atoms with Gasteiger partial charge in [-0.15, -0.1) is 0 Å². The van der Waals surface area contributed by atoms with Crippen LogP contribution in [-0.4, -0.2) is 33.0 Å². The first kappa shape index (κ1) is 18.7. The van der Waals surface area contributed by atoms with E-state index in [2.05, 4.69) is 42.2 Å². The first-order valence-electron chi connectivity index (χ1n) is 11.4. The van der Waals surface area contributed by atoms with Crippen molar-refractivity contribution in [3.05, 3.63) is 59.0 Å². The molecular formula is C26H31NO3. The van der Waals surface area contributed by atoms with Gasteiger partial charge in [-0.25, -0.2) is 0 Å². The molecule has 2 aromatic rings. The van der Waals surface area contributed by atoms with E-state index in [0.29, 0.717) is 17.8 Å². The van der Waals surface area contributed by atoms with E-state index >= 15 is 0 Å². The number of aliphatic hydroxyl groups is 2. The number of aliphatic hydroxyl groups excluding tert-OH is 1. The highest BCUT2D eigenvalue weighted by molar-refractivity contribution is 5.85. The lowest BCUT2D eigenvalue weighted by molar-refractivity contribution is -0.114. The number of aromatic nitrogens is 1. The molecule has 6 rings (SSSR count). The van der Waals surface area contributed by atoms with Crippen molar-refractivity contribution >= 4 is 10.9 Å². The number of hydrogen-bond acceptors (Lipinski definition) is 3. The van der Waals surface area contributed by atoms with Crippen molar-refractivity contribution in [3.63, 3.8) is 0 Å². The Morgan fingerprint density at radius 2 is 2.00 bits per heavy atom. The zero-order valence-electron chi connectivity index (χ0n) is 18.0. The smallest absolute Gasteiger partial charge is 0.156 e. The molecule has 158 valence electrons. The molecule has 1 aromatic carbocycles. The molecule has 1 aliphatic heterocycles. The van der Waals surface area contributed by atoms with Gasteiger partial charge in [0.15, 0.2) is 6.10 Å². The van der Waals surface area contributed by atoms with Crippen LogP contribution in [0.15, 0.2) is 47.7 Å². The van der Waals surface area contributed by atoms with E-state index in [-0.39, 0.29) is 5.41 Å². The van der Waals surface area contributed by atoms with Crippen LogP contribution in [0.25, 0.3) is 10.9 Å². The van der Waals surface area contributed by atoms with Crippen LogP contribution in [0.1, 0.15) is 57.2 Å². The maximum Gasteiger partial charge on any atom is 0.156 e. The van der Waals surface area contributed by atoms with Gasteiger partial charge in [-0.1, -0.05) is 25.1 Å². The zero-order chi connectivity index (χ0) is 20.8. The highest BCUT2D eigenvalue weighted by Crippen LogP contribution is 2.64. The van der Waals surface area contributed by atoms with Crippen LogP contribution in [0.5, 0.6) is 0 Å². The van der Waals surface area contributed by atoms with Crippen molar-refractivity contribution < 1.29 is 14.9 Å². The number of aromatic amines is 1. The number of allylic oxidation sites excluding steroid dienone is 2. The minimum Gasteiger partial charge on any atom is -0.484 e. The van der Waals surface area contributed by atoms with E-state index in [1.54, 1.807) is 13.8 Å². The second-order valence-corrected chi connectivity index (χ2v) is 10.7. The Kier molecular flexibility index (Phi) is 3.75. The number of H-pyrrole nitrogens is 1. The lowest BCUT2D eigenvalue weighted by Gasteiger charge is -2.53. The average Bonchev–Trinajstić information content (AvgIpc) is 3.22. The van der Waals surface area contributed by atoms with E-state index in [1.807, 2.05) is 6.08 Å². The third-order valence-electron chi connectivity index (χ3n) is 8.43. The van der Waals surface area contributed by atoms with Gasteiger partial charge in [0.05, 0.1) is 5.60 Å². The predicted octanol–water partition coefficient (Wildman–Crippen LogP) is 4.58. The second-order valence-electron chi connectivity index (χ2n) is 10.7. The van der Waals surface area contributed by atoms with Crippen LogP contribution in [0.4, 0.5) is 0 Å². The molecule has 0 bridgehead atoms. The largest absolute Gasteiger partial charge is 0.484 e. The number of para-hydroxylation sites is 1. The van der Waals surface area contributed by atoms with Crippen molar-refractivity contribution in [1.29, 1.82) is 0 Å². The lowest BCUT2D eigenvalue weighted by atomic mass is 9.52. The third-order valence-corrected chi connectivity index (χ3v) is 8.43. The Morgan fingerprint density at radius 1 is 1.20 bits per heavy atom. The summed E-state index contributed by atoms with van der Waals surface area (Å²) < 4.78 is 6.17. The maximum atomic E-state index is 10.8. The average molecular weight is 406 g/mol. The lowest BCUT2D eigenvalue weighted by Crippen LogP contribution is -2.50. The van der Waals surface area contributed by atoms with Crippen molar-refractivity contribution in [2.45, 2.75) is 70.2 Å². The number of fused-ring (bicyclic) bond motifs is 9.